The van der Waals surface area contributed by atoms with Gasteiger partial charge in [0, 0.05) is 6.61 Å². The number of nitrogens with zero attached hydrogens (tertiary/aromatic N) is 2. The predicted octanol–water partition coefficient (Wildman–Crippen LogP) is 1.40. The van der Waals surface area contributed by atoms with Gasteiger partial charge in [-0.15, -0.1) is 0 Å². The molecular formula is C13H16N4O2. The number of aromatic nitrogens is 2. The molecule has 0 unspecified atom stereocenters. The van der Waals surface area contributed by atoms with Gasteiger partial charge in [0.2, 0.25) is 5.88 Å². The Morgan fingerprint density at radius 3 is 2.63 bits per heavy atom. The Hall–Kier alpha value is -2.18. The van der Waals surface area contributed by atoms with Gasteiger partial charge in [-0.25, -0.2) is 15.8 Å². The smallest absolute Gasteiger partial charge is 0.227 e. The van der Waals surface area contributed by atoms with E-state index < -0.39 is 0 Å². The van der Waals surface area contributed by atoms with E-state index in [9.17, 15) is 0 Å². The first kappa shape index (κ1) is 13.3. The van der Waals surface area contributed by atoms with E-state index in [0.29, 0.717) is 23.9 Å². The Balaban J connectivity index is 2.16. The van der Waals surface area contributed by atoms with Crippen LogP contribution >= 0.6 is 0 Å². The fraction of sp³-hybridized carbons (Fsp3) is 0.231. The first-order valence-electron chi connectivity index (χ1n) is 5.90. The van der Waals surface area contributed by atoms with Gasteiger partial charge in [0.05, 0.1) is 5.56 Å². The Bertz CT molecular complexity index is 543. The predicted molar refractivity (Wildman–Crippen MR) is 71.9 cm³/mol. The molecule has 1 heterocycles. The van der Waals surface area contributed by atoms with Crippen molar-refractivity contribution in [3.63, 3.8) is 0 Å². The Morgan fingerprint density at radius 2 is 2.00 bits per heavy atom. The van der Waals surface area contributed by atoms with Crippen LogP contribution < -0.4 is 16.0 Å². The largest absolute Gasteiger partial charge is 0.439 e. The number of hydrogen-bond donors (Lipinski definition) is 3. The minimum absolute atomic E-state index is 0.136. The van der Waals surface area contributed by atoms with Gasteiger partial charge in [-0.1, -0.05) is 12.1 Å². The summed E-state index contributed by atoms with van der Waals surface area (Å²) in [5, 5.41) is 8.85. The number of anilines is 1. The summed E-state index contributed by atoms with van der Waals surface area (Å²) in [6.45, 7) is 1.96. The molecule has 0 radical (unpaired) electrons. The van der Waals surface area contributed by atoms with Crippen molar-refractivity contribution in [2.45, 2.75) is 13.3 Å². The van der Waals surface area contributed by atoms with Gasteiger partial charge in [-0.3, -0.25) is 0 Å². The van der Waals surface area contributed by atoms with E-state index in [1.807, 2.05) is 31.2 Å². The lowest BCUT2D eigenvalue weighted by atomic mass is 10.1. The Morgan fingerprint density at radius 1 is 1.26 bits per heavy atom. The number of hydrogen-bond acceptors (Lipinski definition) is 6. The molecule has 1 aromatic heterocycles. The molecular weight excluding hydrogens is 244 g/mol. The van der Waals surface area contributed by atoms with Crippen molar-refractivity contribution in [3.8, 4) is 11.6 Å². The fourth-order valence-corrected chi connectivity index (χ4v) is 1.65. The van der Waals surface area contributed by atoms with Crippen LogP contribution in [0.2, 0.25) is 0 Å². The van der Waals surface area contributed by atoms with Crippen molar-refractivity contribution in [3.05, 3.63) is 41.7 Å². The van der Waals surface area contributed by atoms with Crippen LogP contribution in [0, 0.1) is 6.92 Å². The third-order valence-electron chi connectivity index (χ3n) is 2.71. The second-order valence-electron chi connectivity index (χ2n) is 4.02. The first-order chi connectivity index (χ1) is 9.24. The third kappa shape index (κ3) is 3.18. The number of benzene rings is 1. The molecule has 6 nitrogen and oxygen atoms in total. The number of aliphatic hydroxyl groups is 1. The molecule has 0 saturated carbocycles. The van der Waals surface area contributed by atoms with Crippen molar-refractivity contribution in [2.24, 2.45) is 5.84 Å². The number of hydrazine groups is 1. The van der Waals surface area contributed by atoms with Gasteiger partial charge >= 0.3 is 0 Å². The summed E-state index contributed by atoms with van der Waals surface area (Å²) >= 11 is 0. The van der Waals surface area contributed by atoms with Gasteiger partial charge in [0.1, 0.15) is 17.9 Å². The van der Waals surface area contributed by atoms with Gasteiger partial charge in [-0.05, 0) is 31.0 Å². The number of ether oxygens (including phenoxy) is 1. The van der Waals surface area contributed by atoms with Gasteiger partial charge in [0.25, 0.3) is 0 Å². The van der Waals surface area contributed by atoms with Crippen LogP contribution in [-0.4, -0.2) is 21.7 Å². The molecule has 0 saturated heterocycles. The molecule has 2 rings (SSSR count). The molecule has 0 fully saturated rings. The van der Waals surface area contributed by atoms with E-state index in [-0.39, 0.29) is 6.61 Å². The number of nitrogen functional groups attached to an aromatic ring is 1. The van der Waals surface area contributed by atoms with E-state index >= 15 is 0 Å². The molecule has 1 aromatic carbocycles. The first-order valence-corrected chi connectivity index (χ1v) is 5.90. The molecule has 0 aliphatic rings. The van der Waals surface area contributed by atoms with Crippen molar-refractivity contribution >= 4 is 5.82 Å². The van der Waals surface area contributed by atoms with E-state index in [0.717, 1.165) is 11.1 Å². The Kier molecular flexibility index (Phi) is 4.27. The molecule has 19 heavy (non-hydrogen) atoms. The lowest BCUT2D eigenvalue weighted by molar-refractivity contribution is 0.299. The van der Waals surface area contributed by atoms with Crippen molar-refractivity contribution in [1.29, 1.82) is 0 Å². The third-order valence-corrected chi connectivity index (χ3v) is 2.71. The lowest BCUT2D eigenvalue weighted by Crippen LogP contribution is -2.11. The second kappa shape index (κ2) is 6.12. The summed E-state index contributed by atoms with van der Waals surface area (Å²) in [5.41, 5.74) is 4.28. The SMILES string of the molecule is Cc1c(NN)ncnc1Oc1ccc(CCO)cc1. The highest BCUT2D eigenvalue weighted by Crippen LogP contribution is 2.25. The van der Waals surface area contributed by atoms with Crippen molar-refractivity contribution < 1.29 is 9.84 Å². The minimum Gasteiger partial charge on any atom is -0.439 e. The van der Waals surface area contributed by atoms with E-state index in [1.165, 1.54) is 6.33 Å². The molecule has 0 amide bonds. The van der Waals surface area contributed by atoms with E-state index in [1.54, 1.807) is 0 Å². The number of nitrogens with one attached hydrogen (secondary N) is 1. The molecule has 0 aliphatic carbocycles. The van der Waals surface area contributed by atoms with Gasteiger partial charge < -0.3 is 15.3 Å². The monoisotopic (exact) mass is 260 g/mol. The van der Waals surface area contributed by atoms with Crippen LogP contribution in [0.1, 0.15) is 11.1 Å². The molecule has 0 spiro atoms. The number of nitrogens with two attached hydrogens (primary N) is 1. The zero-order valence-corrected chi connectivity index (χ0v) is 10.6. The zero-order valence-electron chi connectivity index (χ0n) is 10.6. The number of rotatable bonds is 5. The highest BCUT2D eigenvalue weighted by molar-refractivity contribution is 5.47. The normalized spacial score (nSPS) is 10.3. The highest BCUT2D eigenvalue weighted by atomic mass is 16.5. The van der Waals surface area contributed by atoms with Gasteiger partial charge in [-0.2, -0.15) is 0 Å². The second-order valence-corrected chi connectivity index (χ2v) is 4.02. The standard InChI is InChI=1S/C13H16N4O2/c1-9-12(17-14)15-8-16-13(9)19-11-4-2-10(3-5-11)6-7-18/h2-5,8,18H,6-7,14H2,1H3,(H,15,16,17). The summed E-state index contributed by atoms with van der Waals surface area (Å²) in [4.78, 5) is 8.05. The number of aliphatic hydroxyl groups excluding tert-OH is 1. The maximum atomic E-state index is 8.85. The van der Waals surface area contributed by atoms with Crippen molar-refractivity contribution in [2.75, 3.05) is 12.0 Å². The summed E-state index contributed by atoms with van der Waals surface area (Å²) in [6, 6.07) is 7.48. The van der Waals surface area contributed by atoms with Crippen LogP contribution in [0.3, 0.4) is 0 Å². The van der Waals surface area contributed by atoms with Crippen LogP contribution in [-0.2, 0) is 6.42 Å². The topological polar surface area (TPSA) is 93.3 Å². The molecule has 2 aromatic rings. The van der Waals surface area contributed by atoms with Crippen LogP contribution in [0.4, 0.5) is 5.82 Å². The van der Waals surface area contributed by atoms with E-state index in [4.69, 9.17) is 15.7 Å². The summed E-state index contributed by atoms with van der Waals surface area (Å²) in [6.07, 6.45) is 2.02. The average molecular weight is 260 g/mol. The summed E-state index contributed by atoms with van der Waals surface area (Å²) in [5.74, 6) is 7.01. The minimum atomic E-state index is 0.136. The Labute approximate surface area is 111 Å². The summed E-state index contributed by atoms with van der Waals surface area (Å²) < 4.78 is 5.68. The molecule has 0 atom stereocenters. The molecule has 0 bridgehead atoms. The van der Waals surface area contributed by atoms with Crippen LogP contribution in [0.15, 0.2) is 30.6 Å². The van der Waals surface area contributed by atoms with E-state index in [2.05, 4.69) is 15.4 Å². The molecule has 0 aliphatic heterocycles. The quantitative estimate of drug-likeness (QED) is 0.556. The van der Waals surface area contributed by atoms with Crippen molar-refractivity contribution in [1.82, 2.24) is 9.97 Å². The molecule has 100 valence electrons. The fourth-order valence-electron chi connectivity index (χ4n) is 1.65. The van der Waals surface area contributed by atoms with Gasteiger partial charge in [0.15, 0.2) is 0 Å². The maximum absolute atomic E-state index is 8.85. The highest BCUT2D eigenvalue weighted by Gasteiger charge is 2.08. The molecule has 4 N–H and O–H groups in total. The van der Waals surface area contributed by atoms with Crippen LogP contribution in [0.25, 0.3) is 0 Å². The van der Waals surface area contributed by atoms with Crippen LogP contribution in [0.5, 0.6) is 11.6 Å². The summed E-state index contributed by atoms with van der Waals surface area (Å²) in [7, 11) is 0. The molecule has 6 heteroatoms. The average Bonchev–Trinajstić information content (AvgIpc) is 2.43. The maximum Gasteiger partial charge on any atom is 0.227 e. The lowest BCUT2D eigenvalue weighted by Gasteiger charge is -2.10. The zero-order chi connectivity index (χ0) is 13.7.